The molecule has 0 spiro atoms. The highest BCUT2D eigenvalue weighted by atomic mass is 79.9. The van der Waals surface area contributed by atoms with Crippen molar-refractivity contribution in [2.75, 3.05) is 5.32 Å². The highest BCUT2D eigenvalue weighted by Crippen LogP contribution is 2.23. The average molecular weight is 329 g/mol. The first kappa shape index (κ1) is 15.9. The number of primary amides is 1. The van der Waals surface area contributed by atoms with Crippen LogP contribution in [0, 0.1) is 5.92 Å². The van der Waals surface area contributed by atoms with Crippen LogP contribution >= 0.6 is 15.9 Å². The van der Waals surface area contributed by atoms with E-state index in [2.05, 4.69) is 31.2 Å². The van der Waals surface area contributed by atoms with Crippen LogP contribution in [0.5, 0.6) is 0 Å². The zero-order chi connectivity index (χ0) is 14.8. The predicted molar refractivity (Wildman–Crippen MR) is 79.9 cm³/mol. The summed E-state index contributed by atoms with van der Waals surface area (Å²) in [5, 5.41) is 3.08. The fraction of sp³-hybridized carbons (Fsp3) is 0.615. The molecule has 0 saturated carbocycles. The Morgan fingerprint density at radius 1 is 1.37 bits per heavy atom. The minimum absolute atomic E-state index is 0.0873. The summed E-state index contributed by atoms with van der Waals surface area (Å²) in [5.74, 6) is 1.01. The summed E-state index contributed by atoms with van der Waals surface area (Å²) in [6, 6.07) is 1.29. The second kappa shape index (κ2) is 5.86. The van der Waals surface area contributed by atoms with E-state index in [0.717, 1.165) is 0 Å². The van der Waals surface area contributed by atoms with Gasteiger partial charge in [0.1, 0.15) is 22.3 Å². The molecule has 1 atom stereocenters. The Balaban J connectivity index is 3.08. The SMILES string of the molecule is CC(C)C(Nc1cc(Br)nc(C(C)(C)C)n1)C(N)=O. The lowest BCUT2D eigenvalue weighted by Crippen LogP contribution is -2.40. The Kier molecular flexibility index (Phi) is 4.90. The van der Waals surface area contributed by atoms with Crippen molar-refractivity contribution in [1.82, 2.24) is 9.97 Å². The molecule has 0 fully saturated rings. The second-order valence-electron chi connectivity index (χ2n) is 5.92. The third-order valence-corrected chi connectivity index (χ3v) is 3.05. The second-order valence-corrected chi connectivity index (χ2v) is 6.73. The third-order valence-electron chi connectivity index (χ3n) is 2.64. The first-order valence-electron chi connectivity index (χ1n) is 6.22. The fourth-order valence-corrected chi connectivity index (χ4v) is 1.94. The van der Waals surface area contributed by atoms with Crippen molar-refractivity contribution in [1.29, 1.82) is 0 Å². The van der Waals surface area contributed by atoms with E-state index in [1.54, 1.807) is 6.07 Å². The van der Waals surface area contributed by atoms with E-state index >= 15 is 0 Å². The van der Waals surface area contributed by atoms with E-state index in [1.807, 2.05) is 34.6 Å². The molecule has 1 amide bonds. The highest BCUT2D eigenvalue weighted by molar-refractivity contribution is 9.10. The molecule has 1 heterocycles. The lowest BCUT2D eigenvalue weighted by atomic mass is 9.96. The molecule has 0 saturated heterocycles. The van der Waals surface area contributed by atoms with Crippen LogP contribution in [0.3, 0.4) is 0 Å². The van der Waals surface area contributed by atoms with Gasteiger partial charge in [-0.05, 0) is 21.8 Å². The van der Waals surface area contributed by atoms with Gasteiger partial charge in [-0.3, -0.25) is 4.79 Å². The first-order chi connectivity index (χ1) is 8.61. The van der Waals surface area contributed by atoms with Gasteiger partial charge in [0.15, 0.2) is 0 Å². The maximum atomic E-state index is 11.4. The van der Waals surface area contributed by atoms with Gasteiger partial charge in [0.05, 0.1) is 0 Å². The molecule has 0 aromatic carbocycles. The predicted octanol–water partition coefficient (Wildman–Crippen LogP) is 2.46. The topological polar surface area (TPSA) is 80.9 Å². The molecule has 1 rings (SSSR count). The maximum absolute atomic E-state index is 11.4. The number of hydrogen-bond donors (Lipinski definition) is 2. The first-order valence-corrected chi connectivity index (χ1v) is 7.01. The molecular formula is C13H21BrN4O. The number of rotatable bonds is 4. The number of nitrogens with one attached hydrogen (secondary N) is 1. The molecule has 5 nitrogen and oxygen atoms in total. The van der Waals surface area contributed by atoms with Gasteiger partial charge in [-0.1, -0.05) is 34.6 Å². The van der Waals surface area contributed by atoms with E-state index in [1.165, 1.54) is 0 Å². The van der Waals surface area contributed by atoms with Gasteiger partial charge in [-0.15, -0.1) is 0 Å². The third kappa shape index (κ3) is 4.45. The van der Waals surface area contributed by atoms with Gasteiger partial charge >= 0.3 is 0 Å². The van der Waals surface area contributed by atoms with E-state index in [4.69, 9.17) is 5.73 Å². The largest absolute Gasteiger partial charge is 0.368 e. The van der Waals surface area contributed by atoms with Crippen LogP contribution in [0.4, 0.5) is 5.82 Å². The number of amides is 1. The van der Waals surface area contributed by atoms with Crippen LogP contribution in [0.1, 0.15) is 40.4 Å². The summed E-state index contributed by atoms with van der Waals surface area (Å²) >= 11 is 3.36. The van der Waals surface area contributed by atoms with Crippen molar-refractivity contribution >= 4 is 27.7 Å². The molecule has 3 N–H and O–H groups in total. The standard InChI is InChI=1S/C13H21BrN4O/c1-7(2)10(11(15)19)17-9-6-8(14)16-12(18-9)13(3,4)5/h6-7,10H,1-5H3,(H2,15,19)(H,16,17,18). The van der Waals surface area contributed by atoms with Gasteiger partial charge in [0, 0.05) is 11.5 Å². The maximum Gasteiger partial charge on any atom is 0.240 e. The minimum Gasteiger partial charge on any atom is -0.368 e. The number of nitrogens with two attached hydrogens (primary N) is 1. The summed E-state index contributed by atoms with van der Waals surface area (Å²) in [5.41, 5.74) is 5.22. The molecule has 0 aliphatic heterocycles. The normalized spacial score (nSPS) is 13.4. The van der Waals surface area contributed by atoms with E-state index < -0.39 is 6.04 Å². The summed E-state index contributed by atoms with van der Waals surface area (Å²) in [6.07, 6.45) is 0. The molecule has 1 unspecified atom stereocenters. The van der Waals surface area contributed by atoms with Crippen molar-refractivity contribution < 1.29 is 4.79 Å². The number of halogens is 1. The zero-order valence-corrected chi connectivity index (χ0v) is 13.6. The van der Waals surface area contributed by atoms with Crippen LogP contribution in [-0.4, -0.2) is 21.9 Å². The molecule has 19 heavy (non-hydrogen) atoms. The number of aromatic nitrogens is 2. The molecule has 0 bridgehead atoms. The number of carbonyl (C=O) groups is 1. The molecule has 1 aromatic rings. The fourth-order valence-electron chi connectivity index (χ4n) is 1.55. The molecule has 0 aliphatic rings. The highest BCUT2D eigenvalue weighted by Gasteiger charge is 2.22. The summed E-state index contributed by atoms with van der Waals surface area (Å²) < 4.78 is 0.682. The van der Waals surface area contributed by atoms with Gasteiger partial charge in [-0.2, -0.15) is 0 Å². The molecule has 0 radical (unpaired) electrons. The Bertz CT molecular complexity index is 468. The molecular weight excluding hydrogens is 308 g/mol. The van der Waals surface area contributed by atoms with Crippen molar-refractivity contribution in [3.05, 3.63) is 16.5 Å². The van der Waals surface area contributed by atoms with Gasteiger partial charge in [0.2, 0.25) is 5.91 Å². The van der Waals surface area contributed by atoms with E-state index in [9.17, 15) is 4.79 Å². The summed E-state index contributed by atoms with van der Waals surface area (Å²) in [4.78, 5) is 20.2. The molecule has 106 valence electrons. The molecule has 1 aromatic heterocycles. The van der Waals surface area contributed by atoms with Crippen LogP contribution < -0.4 is 11.1 Å². The quantitative estimate of drug-likeness (QED) is 0.832. The number of anilines is 1. The lowest BCUT2D eigenvalue weighted by Gasteiger charge is -2.22. The number of hydrogen-bond acceptors (Lipinski definition) is 4. The van der Waals surface area contributed by atoms with Crippen LogP contribution in [0.15, 0.2) is 10.7 Å². The minimum atomic E-state index is -0.449. The van der Waals surface area contributed by atoms with Crippen LogP contribution in [-0.2, 0) is 10.2 Å². The van der Waals surface area contributed by atoms with Crippen LogP contribution in [0.2, 0.25) is 0 Å². The molecule has 0 aliphatic carbocycles. The van der Waals surface area contributed by atoms with Crippen molar-refractivity contribution in [3.8, 4) is 0 Å². The Morgan fingerprint density at radius 3 is 2.37 bits per heavy atom. The van der Waals surface area contributed by atoms with Gasteiger partial charge in [-0.25, -0.2) is 9.97 Å². The average Bonchev–Trinajstić information content (AvgIpc) is 2.23. The Labute approximate surface area is 122 Å². The van der Waals surface area contributed by atoms with Gasteiger partial charge in [0.25, 0.3) is 0 Å². The summed E-state index contributed by atoms with van der Waals surface area (Å²) in [7, 11) is 0. The van der Waals surface area contributed by atoms with E-state index in [-0.39, 0.29) is 17.2 Å². The van der Waals surface area contributed by atoms with E-state index in [0.29, 0.717) is 16.2 Å². The molecule has 6 heteroatoms. The van der Waals surface area contributed by atoms with Crippen molar-refractivity contribution in [2.45, 2.75) is 46.1 Å². The monoisotopic (exact) mass is 328 g/mol. The lowest BCUT2D eigenvalue weighted by molar-refractivity contribution is -0.119. The smallest absolute Gasteiger partial charge is 0.240 e. The van der Waals surface area contributed by atoms with Gasteiger partial charge < -0.3 is 11.1 Å². The summed E-state index contributed by atoms with van der Waals surface area (Å²) in [6.45, 7) is 9.97. The Morgan fingerprint density at radius 2 is 1.95 bits per heavy atom. The van der Waals surface area contributed by atoms with Crippen molar-refractivity contribution in [3.63, 3.8) is 0 Å². The van der Waals surface area contributed by atoms with Crippen LogP contribution in [0.25, 0.3) is 0 Å². The van der Waals surface area contributed by atoms with Crippen molar-refractivity contribution in [2.24, 2.45) is 11.7 Å². The Hall–Kier alpha value is -1.17. The number of nitrogens with zero attached hydrogens (tertiary/aromatic N) is 2. The number of carbonyl (C=O) groups excluding carboxylic acids is 1. The zero-order valence-electron chi connectivity index (χ0n) is 12.0.